The van der Waals surface area contributed by atoms with Crippen LogP contribution in [0.15, 0.2) is 24.3 Å². The van der Waals surface area contributed by atoms with Crippen molar-refractivity contribution in [1.82, 2.24) is 0 Å². The molecule has 1 aromatic carbocycles. The molecule has 80 valence electrons. The van der Waals surface area contributed by atoms with Gasteiger partial charge in [-0.05, 0) is 17.5 Å². The minimum absolute atomic E-state index is 0.384. The van der Waals surface area contributed by atoms with Gasteiger partial charge in [0.25, 0.3) is 5.92 Å². The van der Waals surface area contributed by atoms with E-state index in [0.29, 0.717) is 6.42 Å². The third-order valence-corrected chi connectivity index (χ3v) is 4.51. The van der Waals surface area contributed by atoms with Crippen molar-refractivity contribution in [3.63, 3.8) is 0 Å². The first-order valence-corrected chi connectivity index (χ1v) is 5.55. The van der Waals surface area contributed by atoms with E-state index in [4.69, 9.17) is 23.2 Å². The summed E-state index contributed by atoms with van der Waals surface area (Å²) in [6, 6.07) is 7.40. The summed E-state index contributed by atoms with van der Waals surface area (Å²) in [6.07, 6.45) is 0.384. The molecule has 0 nitrogen and oxygen atoms in total. The highest BCUT2D eigenvalue weighted by Crippen LogP contribution is 2.70. The van der Waals surface area contributed by atoms with E-state index in [-0.39, 0.29) is 0 Å². The first-order valence-electron chi connectivity index (χ1n) is 4.79. The largest absolute Gasteiger partial charge is 0.284 e. The summed E-state index contributed by atoms with van der Waals surface area (Å²) >= 11 is 11.5. The molecule has 0 saturated heterocycles. The van der Waals surface area contributed by atoms with Crippen LogP contribution in [0.5, 0.6) is 0 Å². The van der Waals surface area contributed by atoms with Crippen molar-refractivity contribution in [3.8, 4) is 0 Å². The van der Waals surface area contributed by atoms with Crippen LogP contribution in [-0.2, 0) is 6.42 Å². The Bertz CT molecular complexity index is 428. The lowest BCUT2D eigenvalue weighted by Gasteiger charge is -2.51. The molecule has 0 spiro atoms. The van der Waals surface area contributed by atoms with Gasteiger partial charge in [-0.25, -0.2) is 8.78 Å². The standard InChI is InChI=1S/C11H8Cl2F2/c12-10(13)9-7-4-2-1-3-6(7)5-8(9)11(10,14)15/h1-4,8-9H,5H2/t8-,9+/m1/s1. The lowest BCUT2D eigenvalue weighted by molar-refractivity contribution is -0.151. The van der Waals surface area contributed by atoms with Crippen LogP contribution in [-0.4, -0.2) is 10.3 Å². The van der Waals surface area contributed by atoms with Crippen LogP contribution in [0.25, 0.3) is 0 Å². The van der Waals surface area contributed by atoms with Crippen LogP contribution in [0.3, 0.4) is 0 Å². The van der Waals surface area contributed by atoms with E-state index in [2.05, 4.69) is 0 Å². The molecule has 1 saturated carbocycles. The monoisotopic (exact) mass is 248 g/mol. The number of benzene rings is 1. The van der Waals surface area contributed by atoms with E-state index in [1.165, 1.54) is 0 Å². The molecular weight excluding hydrogens is 241 g/mol. The SMILES string of the molecule is FC1(F)[C@@H]2Cc3ccccc3[C@@H]2C1(Cl)Cl. The zero-order chi connectivity index (χ0) is 10.8. The third kappa shape index (κ3) is 0.974. The quantitative estimate of drug-likeness (QED) is 0.614. The van der Waals surface area contributed by atoms with E-state index in [9.17, 15) is 8.78 Å². The summed E-state index contributed by atoms with van der Waals surface area (Å²) in [4.78, 5) is 0. The molecule has 0 radical (unpaired) electrons. The smallest absolute Gasteiger partial charge is 0.203 e. The molecule has 2 aliphatic rings. The van der Waals surface area contributed by atoms with Crippen molar-refractivity contribution in [2.24, 2.45) is 5.92 Å². The normalized spacial score (nSPS) is 34.1. The molecule has 0 bridgehead atoms. The summed E-state index contributed by atoms with van der Waals surface area (Å²) < 4.78 is 25.2. The Hall–Kier alpha value is -0.340. The minimum Gasteiger partial charge on any atom is -0.203 e. The highest BCUT2D eigenvalue weighted by molar-refractivity contribution is 6.50. The van der Waals surface area contributed by atoms with Gasteiger partial charge in [-0.2, -0.15) is 0 Å². The van der Waals surface area contributed by atoms with Gasteiger partial charge in [-0.15, -0.1) is 0 Å². The molecule has 0 aliphatic heterocycles. The Balaban J connectivity index is 2.11. The summed E-state index contributed by atoms with van der Waals surface area (Å²) in [5.74, 6) is -4.10. The molecule has 2 atom stereocenters. The zero-order valence-corrected chi connectivity index (χ0v) is 9.19. The number of hydrogen-bond acceptors (Lipinski definition) is 0. The van der Waals surface area contributed by atoms with Crippen molar-refractivity contribution in [2.75, 3.05) is 0 Å². The van der Waals surface area contributed by atoms with Crippen molar-refractivity contribution in [2.45, 2.75) is 22.6 Å². The maximum Gasteiger partial charge on any atom is 0.284 e. The van der Waals surface area contributed by atoms with E-state index in [1.807, 2.05) is 24.3 Å². The second-order valence-electron chi connectivity index (χ2n) is 4.23. The first kappa shape index (κ1) is 9.86. The van der Waals surface area contributed by atoms with Crippen LogP contribution in [0.1, 0.15) is 17.0 Å². The molecule has 15 heavy (non-hydrogen) atoms. The predicted molar refractivity (Wildman–Crippen MR) is 55.8 cm³/mol. The Morgan fingerprint density at radius 1 is 1.20 bits per heavy atom. The van der Waals surface area contributed by atoms with E-state index < -0.39 is 22.1 Å². The zero-order valence-electron chi connectivity index (χ0n) is 7.68. The molecule has 0 unspecified atom stereocenters. The third-order valence-electron chi connectivity index (χ3n) is 3.53. The van der Waals surface area contributed by atoms with Crippen LogP contribution in [0.2, 0.25) is 0 Å². The average Bonchev–Trinajstić information content (AvgIpc) is 2.55. The lowest BCUT2D eigenvalue weighted by atomic mass is 9.69. The second kappa shape index (κ2) is 2.67. The van der Waals surface area contributed by atoms with Crippen LogP contribution < -0.4 is 0 Å². The van der Waals surface area contributed by atoms with Crippen molar-refractivity contribution < 1.29 is 8.78 Å². The van der Waals surface area contributed by atoms with Gasteiger partial charge >= 0.3 is 0 Å². The molecule has 0 heterocycles. The van der Waals surface area contributed by atoms with E-state index >= 15 is 0 Å². The fraction of sp³-hybridized carbons (Fsp3) is 0.455. The van der Waals surface area contributed by atoms with Crippen molar-refractivity contribution in [3.05, 3.63) is 35.4 Å². The number of alkyl halides is 4. The summed E-state index contributed by atoms with van der Waals surface area (Å²) in [5.41, 5.74) is 1.84. The molecule has 0 aromatic heterocycles. The number of hydrogen-bond donors (Lipinski definition) is 0. The molecule has 0 N–H and O–H groups in total. The Morgan fingerprint density at radius 2 is 1.87 bits per heavy atom. The van der Waals surface area contributed by atoms with Crippen LogP contribution in [0.4, 0.5) is 8.78 Å². The van der Waals surface area contributed by atoms with Gasteiger partial charge in [0.15, 0.2) is 4.33 Å². The molecule has 1 aromatic rings. The van der Waals surface area contributed by atoms with Gasteiger partial charge in [0.05, 0.1) is 0 Å². The molecule has 3 rings (SSSR count). The molecule has 2 aliphatic carbocycles. The van der Waals surface area contributed by atoms with Gasteiger partial charge in [0.2, 0.25) is 0 Å². The molecular formula is C11H8Cl2F2. The van der Waals surface area contributed by atoms with Gasteiger partial charge in [-0.1, -0.05) is 47.5 Å². The highest BCUT2D eigenvalue weighted by atomic mass is 35.5. The number of halogens is 4. The topological polar surface area (TPSA) is 0 Å². The Morgan fingerprint density at radius 3 is 2.60 bits per heavy atom. The van der Waals surface area contributed by atoms with Gasteiger partial charge in [-0.3, -0.25) is 0 Å². The highest BCUT2D eigenvalue weighted by Gasteiger charge is 2.76. The fourth-order valence-electron chi connectivity index (χ4n) is 2.74. The molecule has 0 amide bonds. The van der Waals surface area contributed by atoms with E-state index in [0.717, 1.165) is 11.1 Å². The van der Waals surface area contributed by atoms with Gasteiger partial charge in [0.1, 0.15) is 0 Å². The maximum atomic E-state index is 13.6. The average molecular weight is 249 g/mol. The van der Waals surface area contributed by atoms with Crippen molar-refractivity contribution in [1.29, 1.82) is 0 Å². The summed E-state index contributed by atoms with van der Waals surface area (Å²) in [7, 11) is 0. The summed E-state index contributed by atoms with van der Waals surface area (Å²) in [6.45, 7) is 0. The van der Waals surface area contributed by atoms with E-state index in [1.54, 1.807) is 0 Å². The number of rotatable bonds is 0. The Labute approximate surface area is 96.2 Å². The lowest BCUT2D eigenvalue weighted by Crippen LogP contribution is -2.62. The number of fused-ring (bicyclic) bond motifs is 3. The predicted octanol–water partition coefficient (Wildman–Crippen LogP) is 3.77. The maximum absolute atomic E-state index is 13.6. The van der Waals surface area contributed by atoms with Crippen molar-refractivity contribution >= 4 is 23.2 Å². The van der Waals surface area contributed by atoms with Gasteiger partial charge in [0, 0.05) is 11.8 Å². The fourth-order valence-corrected chi connectivity index (χ4v) is 3.56. The minimum atomic E-state index is -2.97. The van der Waals surface area contributed by atoms with Gasteiger partial charge < -0.3 is 0 Å². The first-order chi connectivity index (χ1) is 6.96. The van der Waals surface area contributed by atoms with Crippen LogP contribution in [0, 0.1) is 5.92 Å². The van der Waals surface area contributed by atoms with Crippen LogP contribution >= 0.6 is 23.2 Å². The summed E-state index contributed by atoms with van der Waals surface area (Å²) in [5, 5.41) is 0. The molecule has 4 heteroatoms. The Kier molecular flexibility index (Phi) is 1.75. The molecule has 1 fully saturated rings. The second-order valence-corrected chi connectivity index (χ2v) is 5.62.